The highest BCUT2D eigenvalue weighted by Crippen LogP contribution is 2.29. The molecule has 0 aromatic heterocycles. The number of carbonyl (C=O) groups is 1. The van der Waals surface area contributed by atoms with Gasteiger partial charge in [0.1, 0.15) is 5.75 Å². The Morgan fingerprint density at radius 3 is 2.48 bits per heavy atom. The van der Waals surface area contributed by atoms with Crippen molar-refractivity contribution in [1.82, 2.24) is 10.6 Å². The molecule has 0 bridgehead atoms. The minimum absolute atomic E-state index is 0.0849. The van der Waals surface area contributed by atoms with E-state index in [0.717, 1.165) is 37.2 Å². The molecule has 1 aliphatic rings. The monoisotopic (exact) mass is 292 g/mol. The van der Waals surface area contributed by atoms with E-state index in [1.165, 1.54) is 0 Å². The van der Waals surface area contributed by atoms with E-state index >= 15 is 0 Å². The van der Waals surface area contributed by atoms with Gasteiger partial charge in [0.2, 0.25) is 5.91 Å². The molecule has 0 unspecified atom stereocenters. The Labute approximate surface area is 126 Å². The molecule has 1 amide bonds. The lowest BCUT2D eigenvalue weighted by molar-refractivity contribution is -0.136. The summed E-state index contributed by atoms with van der Waals surface area (Å²) in [5, 5.41) is 6.33. The third kappa shape index (κ3) is 3.95. The average Bonchev–Trinajstić information content (AvgIpc) is 2.54. The first-order valence-electron chi connectivity index (χ1n) is 7.31. The minimum atomic E-state index is -0.396. The number of hydrogen-bond donors (Lipinski definition) is 2. The molecule has 21 heavy (non-hydrogen) atoms. The number of methoxy groups -OCH3 is 2. The van der Waals surface area contributed by atoms with Crippen LogP contribution in [0.25, 0.3) is 0 Å². The Hall–Kier alpha value is -1.59. The van der Waals surface area contributed by atoms with E-state index in [0.29, 0.717) is 13.2 Å². The lowest BCUT2D eigenvalue weighted by Crippen LogP contribution is -2.49. The molecule has 1 heterocycles. The minimum Gasteiger partial charge on any atom is -0.497 e. The topological polar surface area (TPSA) is 59.6 Å². The number of ether oxygens (including phenoxy) is 2. The van der Waals surface area contributed by atoms with Crippen molar-refractivity contribution in [2.24, 2.45) is 5.41 Å². The van der Waals surface area contributed by atoms with Crippen LogP contribution in [0.15, 0.2) is 24.3 Å². The van der Waals surface area contributed by atoms with Crippen molar-refractivity contribution in [3.63, 3.8) is 0 Å². The van der Waals surface area contributed by atoms with Crippen LogP contribution in [-0.2, 0) is 16.1 Å². The number of amides is 1. The first-order valence-corrected chi connectivity index (χ1v) is 7.31. The van der Waals surface area contributed by atoms with Gasteiger partial charge in [-0.15, -0.1) is 0 Å². The van der Waals surface area contributed by atoms with Gasteiger partial charge < -0.3 is 20.1 Å². The van der Waals surface area contributed by atoms with E-state index in [2.05, 4.69) is 10.6 Å². The van der Waals surface area contributed by atoms with Crippen LogP contribution >= 0.6 is 0 Å². The van der Waals surface area contributed by atoms with Crippen molar-refractivity contribution in [2.45, 2.75) is 19.4 Å². The molecule has 2 rings (SSSR count). The van der Waals surface area contributed by atoms with Gasteiger partial charge in [0.15, 0.2) is 0 Å². The summed E-state index contributed by atoms with van der Waals surface area (Å²) in [7, 11) is 3.29. The van der Waals surface area contributed by atoms with Crippen LogP contribution in [-0.4, -0.2) is 39.8 Å². The smallest absolute Gasteiger partial charge is 0.228 e. The fourth-order valence-corrected chi connectivity index (χ4v) is 2.73. The largest absolute Gasteiger partial charge is 0.497 e. The van der Waals surface area contributed by atoms with E-state index < -0.39 is 5.41 Å². The number of benzene rings is 1. The normalized spacial score (nSPS) is 17.2. The lowest BCUT2D eigenvalue weighted by Gasteiger charge is -2.35. The molecule has 1 saturated heterocycles. The molecule has 0 aliphatic carbocycles. The Kier molecular flexibility index (Phi) is 5.59. The summed E-state index contributed by atoms with van der Waals surface area (Å²) >= 11 is 0. The standard InChI is InChI=1S/C16H24N2O3/c1-20-12-16(7-9-17-10-8-16)15(19)18-11-13-3-5-14(21-2)6-4-13/h3-6,17H,7-12H2,1-2H3,(H,18,19). The van der Waals surface area contributed by atoms with Gasteiger partial charge in [-0.2, -0.15) is 0 Å². The van der Waals surface area contributed by atoms with Crippen molar-refractivity contribution in [1.29, 1.82) is 0 Å². The van der Waals surface area contributed by atoms with E-state index in [9.17, 15) is 4.79 Å². The molecule has 0 atom stereocenters. The van der Waals surface area contributed by atoms with Gasteiger partial charge in [-0.05, 0) is 43.6 Å². The first-order chi connectivity index (χ1) is 10.2. The molecular weight excluding hydrogens is 268 g/mol. The van der Waals surface area contributed by atoms with Crippen molar-refractivity contribution in [2.75, 3.05) is 33.9 Å². The maximum Gasteiger partial charge on any atom is 0.228 e. The summed E-state index contributed by atoms with van der Waals surface area (Å²) in [6.07, 6.45) is 1.63. The molecule has 0 radical (unpaired) electrons. The number of nitrogens with one attached hydrogen (secondary N) is 2. The molecule has 5 nitrogen and oxygen atoms in total. The number of carbonyl (C=O) groups excluding carboxylic acids is 1. The summed E-state index contributed by atoms with van der Waals surface area (Å²) < 4.78 is 10.4. The third-order valence-electron chi connectivity index (χ3n) is 4.08. The summed E-state index contributed by atoms with van der Waals surface area (Å²) in [6, 6.07) is 7.73. The van der Waals surface area contributed by atoms with Gasteiger partial charge in [0, 0.05) is 13.7 Å². The average molecular weight is 292 g/mol. The Morgan fingerprint density at radius 1 is 1.24 bits per heavy atom. The molecule has 1 aromatic carbocycles. The first kappa shape index (κ1) is 15.8. The van der Waals surface area contributed by atoms with Crippen LogP contribution < -0.4 is 15.4 Å². The van der Waals surface area contributed by atoms with Gasteiger partial charge in [-0.3, -0.25) is 4.79 Å². The molecule has 1 fully saturated rings. The van der Waals surface area contributed by atoms with E-state index in [4.69, 9.17) is 9.47 Å². The predicted molar refractivity (Wildman–Crippen MR) is 81.3 cm³/mol. The number of piperidine rings is 1. The quantitative estimate of drug-likeness (QED) is 0.830. The summed E-state index contributed by atoms with van der Waals surface area (Å²) in [6.45, 7) is 2.73. The highest BCUT2D eigenvalue weighted by Gasteiger charge is 2.39. The maximum absolute atomic E-state index is 12.6. The predicted octanol–water partition coefficient (Wildman–Crippen LogP) is 1.33. The molecule has 116 valence electrons. The van der Waals surface area contributed by atoms with Crippen molar-refractivity contribution >= 4 is 5.91 Å². The summed E-state index contributed by atoms with van der Waals surface area (Å²) in [4.78, 5) is 12.6. The zero-order valence-corrected chi connectivity index (χ0v) is 12.8. The Morgan fingerprint density at radius 2 is 1.90 bits per heavy atom. The van der Waals surface area contributed by atoms with Gasteiger partial charge >= 0.3 is 0 Å². The van der Waals surface area contributed by atoms with Gasteiger partial charge in [0.25, 0.3) is 0 Å². The van der Waals surface area contributed by atoms with Crippen molar-refractivity contribution in [3.8, 4) is 5.75 Å². The van der Waals surface area contributed by atoms with Crippen LogP contribution in [0.4, 0.5) is 0 Å². The molecule has 1 aliphatic heterocycles. The molecule has 5 heteroatoms. The van der Waals surface area contributed by atoms with Crippen molar-refractivity contribution in [3.05, 3.63) is 29.8 Å². The molecule has 0 spiro atoms. The molecular formula is C16H24N2O3. The molecule has 1 aromatic rings. The fraction of sp³-hybridized carbons (Fsp3) is 0.562. The SMILES string of the molecule is COCC1(C(=O)NCc2ccc(OC)cc2)CCNCC1. The van der Waals surface area contributed by atoms with Crippen LogP contribution in [0, 0.1) is 5.41 Å². The second-order valence-electron chi connectivity index (χ2n) is 5.49. The Balaban J connectivity index is 1.94. The van der Waals surface area contributed by atoms with E-state index in [1.54, 1.807) is 14.2 Å². The Bertz CT molecular complexity index is 448. The fourth-order valence-electron chi connectivity index (χ4n) is 2.73. The van der Waals surface area contributed by atoms with Crippen LogP contribution in [0.1, 0.15) is 18.4 Å². The zero-order chi connectivity index (χ0) is 15.1. The molecule has 2 N–H and O–H groups in total. The second-order valence-corrected chi connectivity index (χ2v) is 5.49. The second kappa shape index (κ2) is 7.43. The van der Waals surface area contributed by atoms with Crippen LogP contribution in [0.2, 0.25) is 0 Å². The molecule has 0 saturated carbocycles. The highest BCUT2D eigenvalue weighted by molar-refractivity contribution is 5.83. The summed E-state index contributed by atoms with van der Waals surface area (Å²) in [5.41, 5.74) is 0.664. The van der Waals surface area contributed by atoms with Crippen LogP contribution in [0.5, 0.6) is 5.75 Å². The van der Waals surface area contributed by atoms with Crippen LogP contribution in [0.3, 0.4) is 0 Å². The van der Waals surface area contributed by atoms with E-state index in [-0.39, 0.29) is 5.91 Å². The van der Waals surface area contributed by atoms with Gasteiger partial charge in [-0.1, -0.05) is 12.1 Å². The maximum atomic E-state index is 12.6. The van der Waals surface area contributed by atoms with Crippen molar-refractivity contribution < 1.29 is 14.3 Å². The summed E-state index contributed by atoms with van der Waals surface area (Å²) in [5.74, 6) is 0.904. The number of hydrogen-bond acceptors (Lipinski definition) is 4. The van der Waals surface area contributed by atoms with E-state index in [1.807, 2.05) is 24.3 Å². The van der Waals surface area contributed by atoms with Gasteiger partial charge in [0.05, 0.1) is 19.1 Å². The van der Waals surface area contributed by atoms with Gasteiger partial charge in [-0.25, -0.2) is 0 Å². The highest BCUT2D eigenvalue weighted by atomic mass is 16.5. The zero-order valence-electron chi connectivity index (χ0n) is 12.8. The third-order valence-corrected chi connectivity index (χ3v) is 4.08. The lowest BCUT2D eigenvalue weighted by atomic mass is 9.78. The number of rotatable bonds is 6.